The Morgan fingerprint density at radius 3 is 1.77 bits per heavy atom. The molecule has 0 fully saturated rings. The van der Waals surface area contributed by atoms with E-state index in [1.54, 1.807) is 0 Å². The number of allylic oxidation sites excluding steroid dienone is 4. The van der Waals surface area contributed by atoms with E-state index in [4.69, 9.17) is 19.4 Å². The van der Waals surface area contributed by atoms with E-state index in [2.05, 4.69) is 121 Å². The fourth-order valence-electron chi connectivity index (χ4n) is 6.53. The molecule has 4 nitrogen and oxygen atoms in total. The van der Waals surface area contributed by atoms with Crippen LogP contribution in [0.4, 0.5) is 0 Å². The summed E-state index contributed by atoms with van der Waals surface area (Å²) in [6.45, 7) is 0. The molecule has 2 heterocycles. The van der Waals surface area contributed by atoms with Gasteiger partial charge in [-0.1, -0.05) is 133 Å². The number of fused-ring (bicyclic) bond motifs is 5. The maximum Gasteiger partial charge on any atom is 0.164 e. The lowest BCUT2D eigenvalue weighted by atomic mass is 9.98. The van der Waals surface area contributed by atoms with Crippen LogP contribution in [0, 0.1) is 0 Å². The minimum absolute atomic E-state index is 0.641. The molecule has 1 aliphatic rings. The molecule has 0 spiro atoms. The summed E-state index contributed by atoms with van der Waals surface area (Å²) in [6, 6.07) is 46.2. The molecular formula is C43H29N3O. The van der Waals surface area contributed by atoms with Gasteiger partial charge < -0.3 is 4.42 Å². The SMILES string of the molecule is C1=CC(c2ccc(-c3nc(-c4ccccc4)nc(-c4ccc(-c5ccc6c(c5)oc5ccc7ccccc7c56)cc4)n3)cc2)=CCC1. The quantitative estimate of drug-likeness (QED) is 0.196. The van der Waals surface area contributed by atoms with Gasteiger partial charge in [0.1, 0.15) is 11.2 Å². The average Bonchev–Trinajstić information content (AvgIpc) is 3.54. The van der Waals surface area contributed by atoms with Crippen molar-refractivity contribution >= 4 is 38.3 Å². The largest absolute Gasteiger partial charge is 0.456 e. The Morgan fingerprint density at radius 1 is 0.447 bits per heavy atom. The van der Waals surface area contributed by atoms with Crippen LogP contribution >= 0.6 is 0 Å². The number of hydrogen-bond acceptors (Lipinski definition) is 4. The van der Waals surface area contributed by atoms with Crippen molar-refractivity contribution in [2.45, 2.75) is 12.8 Å². The molecule has 222 valence electrons. The van der Waals surface area contributed by atoms with Crippen LogP contribution < -0.4 is 0 Å². The zero-order valence-corrected chi connectivity index (χ0v) is 25.6. The highest BCUT2D eigenvalue weighted by molar-refractivity contribution is 6.19. The molecule has 6 aromatic carbocycles. The summed E-state index contributed by atoms with van der Waals surface area (Å²) in [5, 5.41) is 4.72. The van der Waals surface area contributed by atoms with E-state index in [1.807, 2.05) is 30.3 Å². The molecule has 0 N–H and O–H groups in total. The topological polar surface area (TPSA) is 51.8 Å². The Hall–Kier alpha value is -6.13. The number of nitrogens with zero attached hydrogens (tertiary/aromatic N) is 3. The molecule has 1 aliphatic carbocycles. The van der Waals surface area contributed by atoms with Crippen molar-refractivity contribution in [1.29, 1.82) is 0 Å². The lowest BCUT2D eigenvalue weighted by molar-refractivity contribution is 0.669. The number of rotatable bonds is 5. The van der Waals surface area contributed by atoms with Crippen molar-refractivity contribution in [3.63, 3.8) is 0 Å². The second-order valence-electron chi connectivity index (χ2n) is 11.9. The summed E-state index contributed by atoms with van der Waals surface area (Å²) in [5.41, 5.74) is 9.28. The normalized spacial score (nSPS) is 13.0. The summed E-state index contributed by atoms with van der Waals surface area (Å²) in [7, 11) is 0. The highest BCUT2D eigenvalue weighted by Gasteiger charge is 2.15. The predicted molar refractivity (Wildman–Crippen MR) is 193 cm³/mol. The van der Waals surface area contributed by atoms with Crippen molar-refractivity contribution in [2.75, 3.05) is 0 Å². The van der Waals surface area contributed by atoms with E-state index in [0.29, 0.717) is 17.5 Å². The summed E-state index contributed by atoms with van der Waals surface area (Å²) in [4.78, 5) is 14.8. The molecule has 0 atom stereocenters. The van der Waals surface area contributed by atoms with E-state index in [9.17, 15) is 0 Å². The molecule has 4 heteroatoms. The molecule has 0 saturated heterocycles. The predicted octanol–water partition coefficient (Wildman–Crippen LogP) is 11.3. The molecule has 0 radical (unpaired) electrons. The Balaban J connectivity index is 1.08. The first-order valence-corrected chi connectivity index (χ1v) is 16.0. The zero-order valence-electron chi connectivity index (χ0n) is 25.6. The monoisotopic (exact) mass is 603 g/mol. The van der Waals surface area contributed by atoms with Gasteiger partial charge in [-0.2, -0.15) is 0 Å². The molecule has 0 aliphatic heterocycles. The fourth-order valence-corrected chi connectivity index (χ4v) is 6.53. The van der Waals surface area contributed by atoms with Gasteiger partial charge in [0, 0.05) is 27.5 Å². The van der Waals surface area contributed by atoms with Gasteiger partial charge >= 0.3 is 0 Å². The first kappa shape index (κ1) is 27.2. The number of benzene rings is 6. The third-order valence-electron chi connectivity index (χ3n) is 8.98. The van der Waals surface area contributed by atoms with E-state index in [1.165, 1.54) is 21.9 Å². The maximum atomic E-state index is 6.33. The highest BCUT2D eigenvalue weighted by atomic mass is 16.3. The summed E-state index contributed by atoms with van der Waals surface area (Å²) in [5.74, 6) is 1.95. The van der Waals surface area contributed by atoms with Crippen molar-refractivity contribution in [2.24, 2.45) is 0 Å². The Bertz CT molecular complexity index is 2490. The van der Waals surface area contributed by atoms with Gasteiger partial charge in [0.05, 0.1) is 0 Å². The molecule has 0 saturated carbocycles. The van der Waals surface area contributed by atoms with E-state index >= 15 is 0 Å². The van der Waals surface area contributed by atoms with Crippen LogP contribution in [0.2, 0.25) is 0 Å². The number of aromatic nitrogens is 3. The standard InChI is InChI=1S/C43H29N3O/c1-3-9-28(10-4-1)29-15-19-33(20-16-29)42-44-41(32-12-5-2-6-13-32)45-43(46-42)34-21-17-30(18-22-34)35-23-25-37-39(27-35)47-38-26-24-31-11-7-8-14-36(31)40(37)38/h2-3,5-27H,1,4H2. The zero-order chi connectivity index (χ0) is 31.2. The van der Waals surface area contributed by atoms with Crippen LogP contribution in [-0.4, -0.2) is 15.0 Å². The average molecular weight is 604 g/mol. The first-order valence-electron chi connectivity index (χ1n) is 16.0. The van der Waals surface area contributed by atoms with Gasteiger partial charge in [-0.3, -0.25) is 0 Å². The Labute approximate surface area is 272 Å². The summed E-state index contributed by atoms with van der Waals surface area (Å²) in [6.07, 6.45) is 8.91. The Kier molecular flexibility index (Phi) is 6.57. The van der Waals surface area contributed by atoms with Crippen molar-refractivity contribution in [3.05, 3.63) is 157 Å². The van der Waals surface area contributed by atoms with Gasteiger partial charge in [-0.05, 0) is 64.1 Å². The van der Waals surface area contributed by atoms with E-state index < -0.39 is 0 Å². The summed E-state index contributed by atoms with van der Waals surface area (Å²) >= 11 is 0. The molecule has 0 unspecified atom stereocenters. The van der Waals surface area contributed by atoms with Crippen LogP contribution in [0.25, 0.3) is 83.6 Å². The molecule has 8 aromatic rings. The van der Waals surface area contributed by atoms with Gasteiger partial charge in [-0.15, -0.1) is 0 Å². The molecule has 0 bridgehead atoms. The smallest absolute Gasteiger partial charge is 0.164 e. The van der Waals surface area contributed by atoms with Gasteiger partial charge in [0.25, 0.3) is 0 Å². The highest BCUT2D eigenvalue weighted by Crippen LogP contribution is 2.37. The molecule has 0 amide bonds. The summed E-state index contributed by atoms with van der Waals surface area (Å²) < 4.78 is 6.33. The van der Waals surface area contributed by atoms with Gasteiger partial charge in [0.2, 0.25) is 0 Å². The molecule has 2 aromatic heterocycles. The first-order chi connectivity index (χ1) is 23.3. The minimum atomic E-state index is 0.641. The van der Waals surface area contributed by atoms with Crippen LogP contribution in [0.5, 0.6) is 0 Å². The molecular weight excluding hydrogens is 574 g/mol. The van der Waals surface area contributed by atoms with Crippen molar-refractivity contribution in [3.8, 4) is 45.3 Å². The van der Waals surface area contributed by atoms with Gasteiger partial charge in [0.15, 0.2) is 17.5 Å². The third-order valence-corrected chi connectivity index (χ3v) is 8.98. The van der Waals surface area contributed by atoms with Gasteiger partial charge in [-0.25, -0.2) is 15.0 Å². The van der Waals surface area contributed by atoms with E-state index in [0.717, 1.165) is 62.6 Å². The lowest BCUT2D eigenvalue weighted by Crippen LogP contribution is -2.00. The number of hydrogen-bond donors (Lipinski definition) is 0. The minimum Gasteiger partial charge on any atom is -0.456 e. The second kappa shape index (κ2) is 11.3. The third kappa shape index (κ3) is 5.01. The molecule has 9 rings (SSSR count). The van der Waals surface area contributed by atoms with Crippen LogP contribution in [0.1, 0.15) is 18.4 Å². The Morgan fingerprint density at radius 2 is 1.06 bits per heavy atom. The van der Waals surface area contributed by atoms with Crippen LogP contribution in [0.15, 0.2) is 156 Å². The second-order valence-corrected chi connectivity index (χ2v) is 11.9. The fraction of sp³-hybridized carbons (Fsp3) is 0.0465. The lowest BCUT2D eigenvalue weighted by Gasteiger charge is -2.10. The maximum absolute atomic E-state index is 6.33. The van der Waals surface area contributed by atoms with Crippen LogP contribution in [0.3, 0.4) is 0 Å². The van der Waals surface area contributed by atoms with E-state index in [-0.39, 0.29) is 0 Å². The van der Waals surface area contributed by atoms with Crippen molar-refractivity contribution in [1.82, 2.24) is 15.0 Å². The molecule has 47 heavy (non-hydrogen) atoms. The van der Waals surface area contributed by atoms with Crippen LogP contribution in [-0.2, 0) is 0 Å². The number of furan rings is 1. The van der Waals surface area contributed by atoms with Crippen molar-refractivity contribution < 1.29 is 4.42 Å².